The number of carbonyl (C=O) groups is 1. The lowest BCUT2D eigenvalue weighted by molar-refractivity contribution is 0.0995. The number of nitrogens with zero attached hydrogens (tertiary/aromatic N) is 1. The van der Waals surface area contributed by atoms with Gasteiger partial charge in [-0.3, -0.25) is 9.78 Å². The van der Waals surface area contributed by atoms with Crippen molar-refractivity contribution in [3.05, 3.63) is 46.6 Å². The molecule has 2 aromatic rings. The number of hydrogen-bond donors (Lipinski definition) is 1. The standard InChI is InChI=1S/C11H9BrN2O2/c1-7-4-5-13-6-8(7)14-11(15)9-2-3-10(12)16-9/h2-6H,1H3,(H,14,15). The van der Waals surface area contributed by atoms with E-state index in [-0.39, 0.29) is 11.7 Å². The summed E-state index contributed by atoms with van der Waals surface area (Å²) in [5.74, 6) is -0.0306. The van der Waals surface area contributed by atoms with E-state index in [9.17, 15) is 4.79 Å². The molecule has 0 aliphatic rings. The van der Waals surface area contributed by atoms with Crippen molar-refractivity contribution in [1.29, 1.82) is 0 Å². The first kappa shape index (κ1) is 10.9. The first-order chi connectivity index (χ1) is 7.66. The van der Waals surface area contributed by atoms with Crippen LogP contribution in [0.4, 0.5) is 5.69 Å². The van der Waals surface area contributed by atoms with Crippen LogP contribution in [0.25, 0.3) is 0 Å². The third-order valence-electron chi connectivity index (χ3n) is 2.08. The van der Waals surface area contributed by atoms with Crippen LogP contribution in [0.2, 0.25) is 0 Å². The van der Waals surface area contributed by atoms with Gasteiger partial charge >= 0.3 is 0 Å². The molecular weight excluding hydrogens is 272 g/mol. The van der Waals surface area contributed by atoms with Crippen molar-refractivity contribution in [1.82, 2.24) is 4.98 Å². The maximum atomic E-state index is 11.7. The normalized spacial score (nSPS) is 10.1. The van der Waals surface area contributed by atoms with Crippen molar-refractivity contribution in [2.75, 3.05) is 5.32 Å². The SMILES string of the molecule is Cc1ccncc1NC(=O)c1ccc(Br)o1. The molecule has 0 spiro atoms. The molecule has 82 valence electrons. The van der Waals surface area contributed by atoms with E-state index in [0.29, 0.717) is 10.4 Å². The first-order valence-electron chi connectivity index (χ1n) is 4.64. The lowest BCUT2D eigenvalue weighted by atomic mass is 10.2. The second-order valence-electron chi connectivity index (χ2n) is 3.25. The van der Waals surface area contributed by atoms with E-state index in [1.54, 1.807) is 24.5 Å². The van der Waals surface area contributed by atoms with Gasteiger partial charge in [0.05, 0.1) is 11.9 Å². The molecule has 16 heavy (non-hydrogen) atoms. The summed E-state index contributed by atoms with van der Waals surface area (Å²) in [5, 5.41) is 2.72. The smallest absolute Gasteiger partial charge is 0.291 e. The number of aryl methyl sites for hydroxylation is 1. The topological polar surface area (TPSA) is 55.1 Å². The number of anilines is 1. The maximum Gasteiger partial charge on any atom is 0.291 e. The average molecular weight is 281 g/mol. The van der Waals surface area contributed by atoms with Gasteiger partial charge in [0.1, 0.15) is 0 Å². The van der Waals surface area contributed by atoms with E-state index in [4.69, 9.17) is 4.42 Å². The number of amides is 1. The van der Waals surface area contributed by atoms with Gasteiger partial charge in [-0.15, -0.1) is 0 Å². The van der Waals surface area contributed by atoms with E-state index in [1.807, 2.05) is 13.0 Å². The third kappa shape index (κ3) is 2.30. The Bertz CT molecular complexity index is 522. The minimum Gasteiger partial charge on any atom is -0.444 e. The van der Waals surface area contributed by atoms with E-state index in [0.717, 1.165) is 5.56 Å². The molecule has 2 heterocycles. The molecule has 0 bridgehead atoms. The van der Waals surface area contributed by atoms with E-state index in [1.165, 1.54) is 0 Å². The molecule has 1 amide bonds. The van der Waals surface area contributed by atoms with Crippen LogP contribution in [0.5, 0.6) is 0 Å². The molecule has 0 saturated heterocycles. The highest BCUT2D eigenvalue weighted by Gasteiger charge is 2.11. The number of hydrogen-bond acceptors (Lipinski definition) is 3. The van der Waals surface area contributed by atoms with Crippen molar-refractivity contribution >= 4 is 27.5 Å². The molecule has 0 unspecified atom stereocenters. The molecule has 5 heteroatoms. The van der Waals surface area contributed by atoms with Gasteiger partial charge in [0.25, 0.3) is 5.91 Å². The molecule has 2 rings (SSSR count). The maximum absolute atomic E-state index is 11.7. The van der Waals surface area contributed by atoms with Crippen LogP contribution in [0.3, 0.4) is 0 Å². The van der Waals surface area contributed by atoms with Crippen LogP contribution in [0.15, 0.2) is 39.7 Å². The summed E-state index contributed by atoms with van der Waals surface area (Å²) in [7, 11) is 0. The lowest BCUT2D eigenvalue weighted by Crippen LogP contribution is -2.11. The summed E-state index contributed by atoms with van der Waals surface area (Å²) in [4.78, 5) is 15.7. The minimum absolute atomic E-state index is 0.259. The number of nitrogens with one attached hydrogen (secondary N) is 1. The van der Waals surface area contributed by atoms with Gasteiger partial charge in [0.15, 0.2) is 10.4 Å². The van der Waals surface area contributed by atoms with Crippen molar-refractivity contribution in [2.45, 2.75) is 6.92 Å². The Morgan fingerprint density at radius 3 is 2.88 bits per heavy atom. The summed E-state index contributed by atoms with van der Waals surface area (Å²) < 4.78 is 5.67. The Morgan fingerprint density at radius 1 is 1.44 bits per heavy atom. The minimum atomic E-state index is -0.290. The third-order valence-corrected chi connectivity index (χ3v) is 2.51. The Labute approximate surface area is 101 Å². The molecule has 0 atom stereocenters. The van der Waals surface area contributed by atoms with Crippen LogP contribution >= 0.6 is 15.9 Å². The van der Waals surface area contributed by atoms with Crippen molar-refractivity contribution in [2.24, 2.45) is 0 Å². The molecule has 2 aromatic heterocycles. The summed E-state index contributed by atoms with van der Waals surface area (Å²) in [6.07, 6.45) is 3.28. The van der Waals surface area contributed by atoms with Crippen LogP contribution in [-0.2, 0) is 0 Å². The molecule has 0 saturated carbocycles. The molecule has 0 aliphatic heterocycles. The number of rotatable bonds is 2. The Kier molecular flexibility index (Phi) is 3.05. The summed E-state index contributed by atoms with van der Waals surface area (Å²) in [6, 6.07) is 5.10. The molecule has 0 fully saturated rings. The highest BCUT2D eigenvalue weighted by Crippen LogP contribution is 2.17. The molecule has 1 N–H and O–H groups in total. The monoisotopic (exact) mass is 280 g/mol. The fraction of sp³-hybridized carbons (Fsp3) is 0.0909. The number of pyridine rings is 1. The molecule has 0 aromatic carbocycles. The second-order valence-corrected chi connectivity index (χ2v) is 4.03. The molecule has 0 aliphatic carbocycles. The quantitative estimate of drug-likeness (QED) is 0.920. The summed E-state index contributed by atoms with van der Waals surface area (Å²) in [5.41, 5.74) is 1.63. The van der Waals surface area contributed by atoms with Crippen LogP contribution < -0.4 is 5.32 Å². The van der Waals surface area contributed by atoms with Gasteiger partial charge in [0.2, 0.25) is 0 Å². The van der Waals surface area contributed by atoms with Gasteiger partial charge in [-0.05, 0) is 46.6 Å². The Hall–Kier alpha value is -1.62. The number of furan rings is 1. The Balaban J connectivity index is 2.17. The van der Waals surface area contributed by atoms with Crippen molar-refractivity contribution in [3.63, 3.8) is 0 Å². The van der Waals surface area contributed by atoms with Crippen molar-refractivity contribution < 1.29 is 9.21 Å². The van der Waals surface area contributed by atoms with E-state index < -0.39 is 0 Å². The Morgan fingerprint density at radius 2 is 2.25 bits per heavy atom. The van der Waals surface area contributed by atoms with Crippen LogP contribution in [-0.4, -0.2) is 10.9 Å². The van der Waals surface area contributed by atoms with Gasteiger partial charge < -0.3 is 9.73 Å². The van der Waals surface area contributed by atoms with Crippen molar-refractivity contribution in [3.8, 4) is 0 Å². The number of aromatic nitrogens is 1. The van der Waals surface area contributed by atoms with Gasteiger partial charge in [0, 0.05) is 6.20 Å². The highest BCUT2D eigenvalue weighted by molar-refractivity contribution is 9.10. The fourth-order valence-corrected chi connectivity index (χ4v) is 1.52. The largest absolute Gasteiger partial charge is 0.444 e. The average Bonchev–Trinajstić information content (AvgIpc) is 2.68. The highest BCUT2D eigenvalue weighted by atomic mass is 79.9. The van der Waals surface area contributed by atoms with Crippen LogP contribution in [0, 0.1) is 6.92 Å². The predicted molar refractivity (Wildman–Crippen MR) is 63.3 cm³/mol. The van der Waals surface area contributed by atoms with E-state index >= 15 is 0 Å². The van der Waals surface area contributed by atoms with E-state index in [2.05, 4.69) is 26.2 Å². The van der Waals surface area contributed by atoms with Gasteiger partial charge in [-0.25, -0.2) is 0 Å². The second kappa shape index (κ2) is 4.49. The predicted octanol–water partition coefficient (Wildman–Crippen LogP) is 3.00. The van der Waals surface area contributed by atoms with Gasteiger partial charge in [-0.1, -0.05) is 0 Å². The van der Waals surface area contributed by atoms with Gasteiger partial charge in [-0.2, -0.15) is 0 Å². The molecule has 0 radical (unpaired) electrons. The molecular formula is C11H9BrN2O2. The first-order valence-corrected chi connectivity index (χ1v) is 5.43. The lowest BCUT2D eigenvalue weighted by Gasteiger charge is -2.05. The number of carbonyl (C=O) groups excluding carboxylic acids is 1. The number of halogens is 1. The zero-order valence-electron chi connectivity index (χ0n) is 8.53. The van der Waals surface area contributed by atoms with Crippen LogP contribution in [0.1, 0.15) is 16.1 Å². The molecule has 4 nitrogen and oxygen atoms in total. The summed E-state index contributed by atoms with van der Waals surface area (Å²) >= 11 is 3.14. The zero-order chi connectivity index (χ0) is 11.5. The summed E-state index contributed by atoms with van der Waals surface area (Å²) in [6.45, 7) is 1.90. The zero-order valence-corrected chi connectivity index (χ0v) is 10.1. The fourth-order valence-electron chi connectivity index (χ4n) is 1.22.